The van der Waals surface area contributed by atoms with Crippen LogP contribution in [0.15, 0.2) is 28.7 Å². The summed E-state index contributed by atoms with van der Waals surface area (Å²) in [4.78, 5) is 24.1. The molecule has 0 unspecified atom stereocenters. The van der Waals surface area contributed by atoms with Crippen molar-refractivity contribution < 1.29 is 19.4 Å². The minimum absolute atomic E-state index is 0.196. The number of benzene rings is 1. The van der Waals surface area contributed by atoms with Crippen molar-refractivity contribution in [2.24, 2.45) is 0 Å². The molecule has 108 valence electrons. The highest BCUT2D eigenvalue weighted by atomic mass is 79.9. The van der Waals surface area contributed by atoms with Crippen molar-refractivity contribution >= 4 is 28.0 Å². The maximum absolute atomic E-state index is 11.8. The third kappa shape index (κ3) is 2.95. The van der Waals surface area contributed by atoms with E-state index in [9.17, 15) is 9.59 Å². The Kier molecular flexibility index (Phi) is 4.32. The molecule has 0 aromatic heterocycles. The Morgan fingerprint density at radius 1 is 1.45 bits per heavy atom. The number of hydrogen-bond donors (Lipinski definition) is 1. The van der Waals surface area contributed by atoms with Gasteiger partial charge in [0.1, 0.15) is 0 Å². The summed E-state index contributed by atoms with van der Waals surface area (Å²) in [6, 6.07) is 7.63. The van der Waals surface area contributed by atoms with Gasteiger partial charge in [0, 0.05) is 23.0 Å². The van der Waals surface area contributed by atoms with Crippen LogP contribution < -0.4 is 0 Å². The van der Waals surface area contributed by atoms with E-state index in [0.717, 1.165) is 10.0 Å². The van der Waals surface area contributed by atoms with Crippen LogP contribution in [0, 0.1) is 0 Å². The Morgan fingerprint density at radius 2 is 2.15 bits per heavy atom. The molecule has 0 bridgehead atoms. The fourth-order valence-corrected chi connectivity index (χ4v) is 2.92. The highest BCUT2D eigenvalue weighted by Crippen LogP contribution is 2.39. The first kappa shape index (κ1) is 14.8. The van der Waals surface area contributed by atoms with Gasteiger partial charge in [-0.05, 0) is 24.6 Å². The zero-order valence-electron chi connectivity index (χ0n) is 11.1. The van der Waals surface area contributed by atoms with E-state index in [2.05, 4.69) is 15.9 Å². The smallest absolute Gasteiger partial charge is 0.407 e. The molecule has 6 heteroatoms. The lowest BCUT2D eigenvalue weighted by atomic mass is 9.71. The maximum Gasteiger partial charge on any atom is 0.407 e. The molecule has 1 amide bonds. The average Bonchev–Trinajstić information content (AvgIpc) is 2.33. The lowest BCUT2D eigenvalue weighted by Gasteiger charge is -2.48. The Labute approximate surface area is 125 Å². The van der Waals surface area contributed by atoms with Crippen LogP contribution in [-0.2, 0) is 14.9 Å². The van der Waals surface area contributed by atoms with Crippen LogP contribution >= 0.6 is 15.9 Å². The maximum atomic E-state index is 11.8. The highest BCUT2D eigenvalue weighted by molar-refractivity contribution is 9.10. The molecule has 5 nitrogen and oxygen atoms in total. The monoisotopic (exact) mass is 341 g/mol. The van der Waals surface area contributed by atoms with Gasteiger partial charge >= 0.3 is 12.1 Å². The summed E-state index contributed by atoms with van der Waals surface area (Å²) in [5.74, 6) is -0.294. The number of carbonyl (C=O) groups is 2. The summed E-state index contributed by atoms with van der Waals surface area (Å²) < 4.78 is 5.91. The molecule has 0 saturated carbocycles. The highest BCUT2D eigenvalue weighted by Gasteiger charge is 2.48. The van der Waals surface area contributed by atoms with Crippen LogP contribution in [0.2, 0.25) is 0 Å². The molecule has 0 atom stereocenters. The van der Waals surface area contributed by atoms with E-state index in [0.29, 0.717) is 19.7 Å². The molecule has 1 aliphatic rings. The second kappa shape index (κ2) is 5.83. The van der Waals surface area contributed by atoms with E-state index in [1.165, 1.54) is 4.90 Å². The molecule has 1 aliphatic heterocycles. The number of hydrogen-bond acceptors (Lipinski definition) is 3. The first-order chi connectivity index (χ1) is 9.47. The molecule has 0 aliphatic carbocycles. The molecule has 0 spiro atoms. The first-order valence-electron chi connectivity index (χ1n) is 6.36. The number of esters is 1. The van der Waals surface area contributed by atoms with Gasteiger partial charge in [-0.3, -0.25) is 4.79 Å². The molecule has 2 rings (SSSR count). The van der Waals surface area contributed by atoms with E-state index < -0.39 is 11.5 Å². The van der Waals surface area contributed by atoms with Gasteiger partial charge in [0.25, 0.3) is 0 Å². The van der Waals surface area contributed by atoms with E-state index >= 15 is 0 Å². The molecular weight excluding hydrogens is 326 g/mol. The second-order valence-electron chi connectivity index (χ2n) is 4.91. The van der Waals surface area contributed by atoms with Crippen molar-refractivity contribution in [1.82, 2.24) is 4.90 Å². The number of rotatable bonds is 4. The lowest BCUT2D eigenvalue weighted by Crippen LogP contribution is -2.61. The van der Waals surface area contributed by atoms with Crippen LogP contribution in [0.4, 0.5) is 4.79 Å². The van der Waals surface area contributed by atoms with Gasteiger partial charge in [0.05, 0.1) is 13.0 Å². The quantitative estimate of drug-likeness (QED) is 0.855. The average molecular weight is 342 g/mol. The van der Waals surface area contributed by atoms with Crippen molar-refractivity contribution in [2.75, 3.05) is 19.7 Å². The number of carboxylic acid groups (broad SMARTS) is 1. The molecule has 1 N–H and O–H groups in total. The lowest BCUT2D eigenvalue weighted by molar-refractivity contribution is -0.146. The Bertz CT molecular complexity index is 526. The third-order valence-corrected chi connectivity index (χ3v) is 3.98. The predicted octanol–water partition coefficient (Wildman–Crippen LogP) is 2.63. The van der Waals surface area contributed by atoms with E-state index in [1.54, 1.807) is 6.92 Å². The van der Waals surface area contributed by atoms with Gasteiger partial charge in [-0.2, -0.15) is 0 Å². The van der Waals surface area contributed by atoms with Crippen molar-refractivity contribution in [2.45, 2.75) is 18.8 Å². The summed E-state index contributed by atoms with van der Waals surface area (Å²) in [6.45, 7) is 2.72. The van der Waals surface area contributed by atoms with E-state index in [1.807, 2.05) is 24.3 Å². The van der Waals surface area contributed by atoms with Gasteiger partial charge < -0.3 is 14.7 Å². The molecule has 20 heavy (non-hydrogen) atoms. The summed E-state index contributed by atoms with van der Waals surface area (Å²) >= 11 is 3.40. The molecular formula is C14H16BrNO4. The number of nitrogens with zero attached hydrogens (tertiary/aromatic N) is 1. The zero-order chi connectivity index (χ0) is 14.8. The van der Waals surface area contributed by atoms with Gasteiger partial charge in [-0.15, -0.1) is 0 Å². The Balaban J connectivity index is 2.22. The SMILES string of the molecule is CCOC(=O)CC1(c2cccc(Br)c2)CN(C(=O)O)C1. The fraction of sp³-hybridized carbons (Fsp3) is 0.429. The van der Waals surface area contributed by atoms with Crippen molar-refractivity contribution in [3.8, 4) is 0 Å². The summed E-state index contributed by atoms with van der Waals surface area (Å²) in [7, 11) is 0. The van der Waals surface area contributed by atoms with Crippen molar-refractivity contribution in [1.29, 1.82) is 0 Å². The van der Waals surface area contributed by atoms with E-state index in [-0.39, 0.29) is 12.4 Å². The van der Waals surface area contributed by atoms with Crippen LogP contribution in [0.1, 0.15) is 18.9 Å². The molecule has 1 heterocycles. The van der Waals surface area contributed by atoms with E-state index in [4.69, 9.17) is 9.84 Å². The van der Waals surface area contributed by atoms with Crippen LogP contribution in [-0.4, -0.2) is 41.8 Å². The molecule has 0 radical (unpaired) electrons. The predicted molar refractivity (Wildman–Crippen MR) is 76.7 cm³/mol. The number of halogens is 1. The minimum Gasteiger partial charge on any atom is -0.466 e. The van der Waals surface area contributed by atoms with Crippen molar-refractivity contribution in [3.63, 3.8) is 0 Å². The summed E-state index contributed by atoms with van der Waals surface area (Å²) in [5, 5.41) is 9.00. The zero-order valence-corrected chi connectivity index (χ0v) is 12.7. The standard InChI is InChI=1S/C14H16BrNO4/c1-2-20-12(17)7-14(8-16(9-14)13(18)19)10-4-3-5-11(15)6-10/h3-6H,2,7-9H2,1H3,(H,18,19). The van der Waals surface area contributed by atoms with Gasteiger partial charge in [0.15, 0.2) is 0 Å². The topological polar surface area (TPSA) is 66.8 Å². The normalized spacial score (nSPS) is 16.4. The third-order valence-electron chi connectivity index (χ3n) is 3.48. The molecule has 1 fully saturated rings. The number of ether oxygens (including phenoxy) is 1. The van der Waals surface area contributed by atoms with Crippen molar-refractivity contribution in [3.05, 3.63) is 34.3 Å². The Morgan fingerprint density at radius 3 is 2.70 bits per heavy atom. The molecule has 1 aromatic rings. The fourth-order valence-electron chi connectivity index (χ4n) is 2.52. The number of carbonyl (C=O) groups excluding carboxylic acids is 1. The van der Waals surface area contributed by atoms with Crippen LogP contribution in [0.25, 0.3) is 0 Å². The van der Waals surface area contributed by atoms with Crippen LogP contribution in [0.3, 0.4) is 0 Å². The van der Waals surface area contributed by atoms with Crippen LogP contribution in [0.5, 0.6) is 0 Å². The number of likely N-dealkylation sites (tertiary alicyclic amines) is 1. The van der Waals surface area contributed by atoms with Gasteiger partial charge in [-0.25, -0.2) is 4.79 Å². The Hall–Kier alpha value is -1.56. The minimum atomic E-state index is -0.959. The van der Waals surface area contributed by atoms with Gasteiger partial charge in [0.2, 0.25) is 0 Å². The molecule has 1 aromatic carbocycles. The second-order valence-corrected chi connectivity index (χ2v) is 5.83. The van der Waals surface area contributed by atoms with Gasteiger partial charge in [-0.1, -0.05) is 28.1 Å². The largest absolute Gasteiger partial charge is 0.466 e. The number of amides is 1. The molecule has 1 saturated heterocycles. The summed E-state index contributed by atoms with van der Waals surface area (Å²) in [6.07, 6.45) is -0.763. The summed E-state index contributed by atoms with van der Waals surface area (Å²) in [5.41, 5.74) is 0.478. The first-order valence-corrected chi connectivity index (χ1v) is 7.16.